The van der Waals surface area contributed by atoms with Crippen molar-refractivity contribution >= 4 is 23.3 Å². The number of benzene rings is 1. The quantitative estimate of drug-likeness (QED) is 0.743. The number of rotatable bonds is 1. The highest BCUT2D eigenvalue weighted by molar-refractivity contribution is 6.06. The minimum absolute atomic E-state index is 0.0908. The molecule has 0 atom stereocenters. The number of carbonyl (C=O) groups excluding carboxylic acids is 2. The second kappa shape index (κ2) is 4.45. The lowest BCUT2D eigenvalue weighted by molar-refractivity contribution is -0.115. The van der Waals surface area contributed by atoms with Gasteiger partial charge < -0.3 is 15.0 Å². The maximum absolute atomic E-state index is 11.6. The average Bonchev–Trinajstić information content (AvgIpc) is 2.48. The van der Waals surface area contributed by atoms with Crippen molar-refractivity contribution in [3.05, 3.63) is 23.8 Å². The van der Waals surface area contributed by atoms with Crippen molar-refractivity contribution < 1.29 is 14.3 Å². The van der Waals surface area contributed by atoms with Crippen LogP contribution >= 0.6 is 0 Å². The number of esters is 1. The highest BCUT2D eigenvalue weighted by Crippen LogP contribution is 2.31. The molecule has 0 bridgehead atoms. The zero-order valence-electron chi connectivity index (χ0n) is 9.82. The van der Waals surface area contributed by atoms with Crippen LogP contribution in [0.5, 0.6) is 0 Å². The van der Waals surface area contributed by atoms with Gasteiger partial charge in [-0.1, -0.05) is 6.07 Å². The van der Waals surface area contributed by atoms with E-state index in [9.17, 15) is 9.59 Å². The number of methoxy groups -OCH3 is 1. The molecule has 1 aromatic rings. The Morgan fingerprint density at radius 3 is 2.94 bits per heavy atom. The minimum Gasteiger partial charge on any atom is -0.465 e. The number of hydrogen-bond donors (Lipinski definition) is 1. The number of nitrogens with one attached hydrogen (secondary N) is 1. The number of nitrogens with zero attached hydrogens (tertiary/aromatic N) is 1. The fraction of sp³-hybridized carbons (Fsp3) is 0.333. The molecule has 1 heterocycles. The molecule has 1 aromatic carbocycles. The summed E-state index contributed by atoms with van der Waals surface area (Å²) < 4.78 is 4.70. The van der Waals surface area contributed by atoms with Gasteiger partial charge in [-0.3, -0.25) is 4.79 Å². The minimum atomic E-state index is -0.447. The van der Waals surface area contributed by atoms with Gasteiger partial charge in [-0.05, 0) is 12.1 Å². The number of anilines is 2. The van der Waals surface area contributed by atoms with Gasteiger partial charge in [-0.2, -0.15) is 0 Å². The summed E-state index contributed by atoms with van der Waals surface area (Å²) in [6, 6.07) is 5.29. The molecule has 1 aliphatic rings. The maximum Gasteiger partial charge on any atom is 0.340 e. The highest BCUT2D eigenvalue weighted by Gasteiger charge is 2.22. The van der Waals surface area contributed by atoms with E-state index in [2.05, 4.69) is 5.32 Å². The number of fused-ring (bicyclic) bond motifs is 1. The van der Waals surface area contributed by atoms with Crippen molar-refractivity contribution in [2.24, 2.45) is 0 Å². The molecule has 1 aliphatic heterocycles. The molecule has 0 saturated heterocycles. The molecule has 0 spiro atoms. The second-order valence-corrected chi connectivity index (χ2v) is 3.91. The zero-order valence-corrected chi connectivity index (χ0v) is 9.82. The lowest BCUT2D eigenvalue weighted by atomic mass is 10.1. The summed E-state index contributed by atoms with van der Waals surface area (Å²) in [6.45, 7) is 0.628. The van der Waals surface area contributed by atoms with Crippen LogP contribution < -0.4 is 10.2 Å². The van der Waals surface area contributed by atoms with Gasteiger partial charge in [0.1, 0.15) is 0 Å². The molecule has 0 aromatic heterocycles. The fourth-order valence-electron chi connectivity index (χ4n) is 1.86. The van der Waals surface area contributed by atoms with E-state index in [0.717, 1.165) is 5.69 Å². The first-order chi connectivity index (χ1) is 8.13. The van der Waals surface area contributed by atoms with Crippen molar-refractivity contribution in [1.82, 2.24) is 0 Å². The van der Waals surface area contributed by atoms with E-state index >= 15 is 0 Å². The summed E-state index contributed by atoms with van der Waals surface area (Å²) in [5.41, 5.74) is 1.75. The Balaban J connectivity index is 2.54. The smallest absolute Gasteiger partial charge is 0.340 e. The van der Waals surface area contributed by atoms with E-state index in [-0.39, 0.29) is 5.91 Å². The van der Waals surface area contributed by atoms with E-state index in [1.807, 2.05) is 18.0 Å². The van der Waals surface area contributed by atoms with Crippen LogP contribution in [-0.2, 0) is 9.53 Å². The third-order valence-electron chi connectivity index (χ3n) is 2.80. The van der Waals surface area contributed by atoms with Crippen molar-refractivity contribution in [3.63, 3.8) is 0 Å². The molecule has 0 fully saturated rings. The van der Waals surface area contributed by atoms with Gasteiger partial charge in [-0.25, -0.2) is 4.79 Å². The van der Waals surface area contributed by atoms with Gasteiger partial charge in [0.15, 0.2) is 0 Å². The normalized spacial score (nSPS) is 14.7. The molecule has 1 amide bonds. The summed E-state index contributed by atoms with van der Waals surface area (Å²) in [5.74, 6) is -0.538. The number of hydrogen-bond acceptors (Lipinski definition) is 4. The van der Waals surface area contributed by atoms with Crippen LogP contribution in [0.4, 0.5) is 11.4 Å². The number of carbonyl (C=O) groups is 2. The number of amides is 1. The van der Waals surface area contributed by atoms with Gasteiger partial charge >= 0.3 is 5.97 Å². The molecule has 17 heavy (non-hydrogen) atoms. The van der Waals surface area contributed by atoms with Crippen molar-refractivity contribution in [3.8, 4) is 0 Å². The predicted octanol–water partition coefficient (Wildman–Crippen LogP) is 1.25. The van der Waals surface area contributed by atoms with E-state index in [1.54, 1.807) is 12.1 Å². The number of ether oxygens (including phenoxy) is 1. The van der Waals surface area contributed by atoms with E-state index in [0.29, 0.717) is 24.2 Å². The van der Waals surface area contributed by atoms with Crippen LogP contribution in [-0.4, -0.2) is 32.6 Å². The van der Waals surface area contributed by atoms with Gasteiger partial charge in [0.25, 0.3) is 0 Å². The predicted molar refractivity (Wildman–Crippen MR) is 64.3 cm³/mol. The third kappa shape index (κ3) is 2.08. The monoisotopic (exact) mass is 234 g/mol. The zero-order chi connectivity index (χ0) is 12.4. The molecule has 0 aliphatic carbocycles. The summed E-state index contributed by atoms with van der Waals surface area (Å²) in [5, 5.41) is 2.76. The first-order valence-electron chi connectivity index (χ1n) is 5.36. The lowest BCUT2D eigenvalue weighted by Crippen LogP contribution is -2.18. The molecule has 1 N–H and O–H groups in total. The van der Waals surface area contributed by atoms with Crippen molar-refractivity contribution in [2.75, 3.05) is 30.9 Å². The Morgan fingerprint density at radius 2 is 2.24 bits per heavy atom. The van der Waals surface area contributed by atoms with E-state index < -0.39 is 5.97 Å². The first kappa shape index (κ1) is 11.4. The van der Waals surface area contributed by atoms with Crippen LogP contribution in [0.3, 0.4) is 0 Å². The van der Waals surface area contributed by atoms with Gasteiger partial charge in [0, 0.05) is 20.0 Å². The standard InChI is InChI=1S/C12H14N2O3/c1-14-7-6-10(15)13-11-8(12(16)17-2)4-3-5-9(11)14/h3-5H,6-7H2,1-2H3,(H,13,15). The first-order valence-corrected chi connectivity index (χ1v) is 5.36. The molecule has 5 heteroatoms. The highest BCUT2D eigenvalue weighted by atomic mass is 16.5. The van der Waals surface area contributed by atoms with Crippen molar-refractivity contribution in [2.45, 2.75) is 6.42 Å². The van der Waals surface area contributed by atoms with Crippen LogP contribution in [0.15, 0.2) is 18.2 Å². The van der Waals surface area contributed by atoms with Crippen LogP contribution in [0.2, 0.25) is 0 Å². The van der Waals surface area contributed by atoms with Crippen LogP contribution in [0.25, 0.3) is 0 Å². The molecule has 5 nitrogen and oxygen atoms in total. The fourth-order valence-corrected chi connectivity index (χ4v) is 1.86. The Hall–Kier alpha value is -2.04. The molecule has 0 unspecified atom stereocenters. The molecule has 0 saturated carbocycles. The van der Waals surface area contributed by atoms with Crippen LogP contribution in [0.1, 0.15) is 16.8 Å². The second-order valence-electron chi connectivity index (χ2n) is 3.91. The van der Waals surface area contributed by atoms with Gasteiger partial charge in [0.2, 0.25) is 5.91 Å². The summed E-state index contributed by atoms with van der Waals surface area (Å²) in [4.78, 5) is 25.1. The number of para-hydroxylation sites is 1. The SMILES string of the molecule is COC(=O)c1cccc2c1NC(=O)CCN2C. The Bertz CT molecular complexity index is 471. The lowest BCUT2D eigenvalue weighted by Gasteiger charge is -2.19. The summed E-state index contributed by atoms with van der Waals surface area (Å²) in [7, 11) is 3.21. The van der Waals surface area contributed by atoms with Gasteiger partial charge in [0.05, 0.1) is 24.0 Å². The summed E-state index contributed by atoms with van der Waals surface area (Å²) in [6.07, 6.45) is 0.409. The molecule has 0 radical (unpaired) electrons. The molecule has 2 rings (SSSR count). The Labute approximate surface area is 99.4 Å². The van der Waals surface area contributed by atoms with E-state index in [4.69, 9.17) is 4.74 Å². The largest absolute Gasteiger partial charge is 0.465 e. The average molecular weight is 234 g/mol. The maximum atomic E-state index is 11.6. The topological polar surface area (TPSA) is 58.6 Å². The van der Waals surface area contributed by atoms with Crippen LogP contribution in [0, 0.1) is 0 Å². The molecular formula is C12H14N2O3. The molecular weight excluding hydrogens is 220 g/mol. The van der Waals surface area contributed by atoms with Crippen molar-refractivity contribution in [1.29, 1.82) is 0 Å². The Kier molecular flexibility index (Phi) is 2.99. The Morgan fingerprint density at radius 1 is 1.47 bits per heavy atom. The molecule has 90 valence electrons. The summed E-state index contributed by atoms with van der Waals surface area (Å²) >= 11 is 0. The van der Waals surface area contributed by atoms with Gasteiger partial charge in [-0.15, -0.1) is 0 Å². The third-order valence-corrected chi connectivity index (χ3v) is 2.80. The van der Waals surface area contributed by atoms with E-state index in [1.165, 1.54) is 7.11 Å².